The van der Waals surface area contributed by atoms with E-state index >= 15 is 0 Å². The Morgan fingerprint density at radius 2 is 2.12 bits per heavy atom. The summed E-state index contributed by atoms with van der Waals surface area (Å²) in [7, 11) is 0. The van der Waals surface area contributed by atoms with Gasteiger partial charge in [-0.2, -0.15) is 0 Å². The molecule has 1 fully saturated rings. The van der Waals surface area contributed by atoms with Gasteiger partial charge in [0.05, 0.1) is 18.7 Å². The van der Waals surface area contributed by atoms with Crippen LogP contribution < -0.4 is 4.74 Å². The summed E-state index contributed by atoms with van der Waals surface area (Å²) in [6.45, 7) is 1.55. The van der Waals surface area contributed by atoms with Crippen molar-refractivity contribution in [2.75, 3.05) is 13.2 Å². The van der Waals surface area contributed by atoms with Crippen LogP contribution in [-0.4, -0.2) is 24.3 Å². The van der Waals surface area contributed by atoms with Gasteiger partial charge in [-0.3, -0.25) is 0 Å². The maximum Gasteiger partial charge on any atom is 0.266 e. The summed E-state index contributed by atoms with van der Waals surface area (Å²) in [6, 6.07) is 5.72. The number of aromatic amines is 1. The van der Waals surface area contributed by atoms with E-state index in [0.717, 1.165) is 42.9 Å². The molecule has 0 atom stereocenters. The highest BCUT2D eigenvalue weighted by Gasteiger charge is 2.15. The van der Waals surface area contributed by atoms with E-state index in [0.29, 0.717) is 4.84 Å². The lowest BCUT2D eigenvalue weighted by Gasteiger charge is -2.23. The summed E-state index contributed by atoms with van der Waals surface area (Å²) >= 11 is 4.94. The molecule has 90 valence electrons. The first-order valence-corrected chi connectivity index (χ1v) is 6.09. The molecule has 5 heteroatoms. The van der Waals surface area contributed by atoms with Crippen LogP contribution in [0.5, 0.6) is 5.75 Å². The number of benzene rings is 1. The SMILES string of the molecule is S=c1[nH]c2ccc(OC3CCOCC3)cc2o1. The second kappa shape index (κ2) is 4.50. The van der Waals surface area contributed by atoms with Crippen molar-refractivity contribution in [1.82, 2.24) is 4.98 Å². The van der Waals surface area contributed by atoms with E-state index in [9.17, 15) is 0 Å². The second-order valence-corrected chi connectivity index (χ2v) is 4.47. The van der Waals surface area contributed by atoms with Crippen LogP contribution in [0.15, 0.2) is 22.6 Å². The maximum absolute atomic E-state index is 5.88. The van der Waals surface area contributed by atoms with Crippen molar-refractivity contribution in [3.63, 3.8) is 0 Å². The molecule has 0 aliphatic carbocycles. The number of ether oxygens (including phenoxy) is 2. The Morgan fingerprint density at radius 3 is 2.94 bits per heavy atom. The molecule has 1 N–H and O–H groups in total. The van der Waals surface area contributed by atoms with Crippen molar-refractivity contribution < 1.29 is 13.9 Å². The number of aromatic nitrogens is 1. The minimum Gasteiger partial charge on any atom is -0.490 e. The number of hydrogen-bond acceptors (Lipinski definition) is 4. The van der Waals surface area contributed by atoms with Crippen LogP contribution in [0.3, 0.4) is 0 Å². The Bertz CT molecular complexity index is 568. The number of fused-ring (bicyclic) bond motifs is 1. The Balaban J connectivity index is 1.82. The largest absolute Gasteiger partial charge is 0.490 e. The fraction of sp³-hybridized carbons (Fsp3) is 0.417. The zero-order chi connectivity index (χ0) is 11.7. The van der Waals surface area contributed by atoms with Crippen molar-refractivity contribution in [1.29, 1.82) is 0 Å². The van der Waals surface area contributed by atoms with Crippen molar-refractivity contribution in [2.24, 2.45) is 0 Å². The van der Waals surface area contributed by atoms with E-state index < -0.39 is 0 Å². The van der Waals surface area contributed by atoms with Gasteiger partial charge in [-0.25, -0.2) is 0 Å². The molecule has 1 aliphatic rings. The van der Waals surface area contributed by atoms with E-state index in [1.165, 1.54) is 0 Å². The fourth-order valence-electron chi connectivity index (χ4n) is 1.99. The van der Waals surface area contributed by atoms with Gasteiger partial charge in [0.25, 0.3) is 4.84 Å². The Morgan fingerprint density at radius 1 is 1.29 bits per heavy atom. The van der Waals surface area contributed by atoms with Gasteiger partial charge in [0.15, 0.2) is 5.58 Å². The van der Waals surface area contributed by atoms with Gasteiger partial charge in [0, 0.05) is 18.9 Å². The van der Waals surface area contributed by atoms with Gasteiger partial charge in [-0.15, -0.1) is 0 Å². The molecule has 1 aliphatic heterocycles. The van der Waals surface area contributed by atoms with Gasteiger partial charge in [0.2, 0.25) is 0 Å². The molecule has 0 bridgehead atoms. The van der Waals surface area contributed by atoms with Crippen molar-refractivity contribution in [2.45, 2.75) is 18.9 Å². The van der Waals surface area contributed by atoms with Crippen LogP contribution in [0.1, 0.15) is 12.8 Å². The monoisotopic (exact) mass is 251 g/mol. The number of rotatable bonds is 2. The van der Waals surface area contributed by atoms with Gasteiger partial charge in [-0.05, 0) is 24.4 Å². The molecule has 2 aromatic rings. The van der Waals surface area contributed by atoms with Crippen LogP contribution in [0, 0.1) is 4.84 Å². The van der Waals surface area contributed by atoms with E-state index in [1.54, 1.807) is 0 Å². The first-order chi connectivity index (χ1) is 8.31. The van der Waals surface area contributed by atoms with Crippen LogP contribution in [-0.2, 0) is 4.74 Å². The molecule has 0 saturated carbocycles. The molecule has 17 heavy (non-hydrogen) atoms. The molecule has 0 amide bonds. The molecule has 2 heterocycles. The average molecular weight is 251 g/mol. The number of hydrogen-bond donors (Lipinski definition) is 1. The lowest BCUT2D eigenvalue weighted by molar-refractivity contribution is 0.0256. The summed E-state index contributed by atoms with van der Waals surface area (Å²) < 4.78 is 16.5. The molecule has 1 aromatic heterocycles. The smallest absolute Gasteiger partial charge is 0.266 e. The second-order valence-electron chi connectivity index (χ2n) is 4.10. The molecule has 1 aromatic carbocycles. The summed E-state index contributed by atoms with van der Waals surface area (Å²) in [5.41, 5.74) is 1.63. The zero-order valence-electron chi connectivity index (χ0n) is 9.27. The highest BCUT2D eigenvalue weighted by atomic mass is 32.1. The summed E-state index contributed by atoms with van der Waals surface area (Å²) in [5, 5.41) is 0. The molecular formula is C12H13NO3S. The number of oxazole rings is 1. The van der Waals surface area contributed by atoms with Gasteiger partial charge >= 0.3 is 0 Å². The van der Waals surface area contributed by atoms with E-state index in [4.69, 9.17) is 26.1 Å². The zero-order valence-corrected chi connectivity index (χ0v) is 10.1. The minimum atomic E-state index is 0.239. The third kappa shape index (κ3) is 2.35. The average Bonchev–Trinajstić information content (AvgIpc) is 2.70. The maximum atomic E-state index is 5.88. The van der Waals surface area contributed by atoms with Crippen LogP contribution >= 0.6 is 12.2 Å². The highest BCUT2D eigenvalue weighted by molar-refractivity contribution is 7.71. The van der Waals surface area contributed by atoms with E-state index in [2.05, 4.69) is 4.98 Å². The highest BCUT2D eigenvalue weighted by Crippen LogP contribution is 2.23. The summed E-state index contributed by atoms with van der Waals surface area (Å²) in [4.78, 5) is 3.35. The van der Waals surface area contributed by atoms with E-state index in [-0.39, 0.29) is 6.10 Å². The molecule has 0 unspecified atom stereocenters. The quantitative estimate of drug-likeness (QED) is 0.833. The van der Waals surface area contributed by atoms with Crippen LogP contribution in [0.2, 0.25) is 0 Å². The number of H-pyrrole nitrogens is 1. The van der Waals surface area contributed by atoms with Crippen LogP contribution in [0.4, 0.5) is 0 Å². The van der Waals surface area contributed by atoms with E-state index in [1.807, 2.05) is 18.2 Å². The molecule has 1 saturated heterocycles. The first-order valence-electron chi connectivity index (χ1n) is 5.68. The molecule has 0 radical (unpaired) electrons. The van der Waals surface area contributed by atoms with Crippen molar-refractivity contribution >= 4 is 23.3 Å². The molecule has 3 rings (SSSR count). The lowest BCUT2D eigenvalue weighted by atomic mass is 10.1. The predicted molar refractivity (Wildman–Crippen MR) is 65.9 cm³/mol. The van der Waals surface area contributed by atoms with Crippen LogP contribution in [0.25, 0.3) is 11.1 Å². The van der Waals surface area contributed by atoms with Crippen molar-refractivity contribution in [3.05, 3.63) is 23.0 Å². The minimum absolute atomic E-state index is 0.239. The van der Waals surface area contributed by atoms with Gasteiger partial charge in [0.1, 0.15) is 11.9 Å². The third-order valence-electron chi connectivity index (χ3n) is 2.86. The molecule has 0 spiro atoms. The standard InChI is InChI=1S/C12H13NO3S/c17-12-13-10-2-1-9(7-11(10)16-12)15-8-3-5-14-6-4-8/h1-2,7-8H,3-6H2,(H,13,17). The Hall–Kier alpha value is -1.33. The van der Waals surface area contributed by atoms with Gasteiger partial charge in [-0.1, -0.05) is 0 Å². The lowest BCUT2D eigenvalue weighted by Crippen LogP contribution is -2.25. The Kier molecular flexibility index (Phi) is 2.86. The normalized spacial score (nSPS) is 17.4. The predicted octanol–water partition coefficient (Wildman–Crippen LogP) is 3.05. The molecule has 4 nitrogen and oxygen atoms in total. The number of nitrogens with one attached hydrogen (secondary N) is 1. The topological polar surface area (TPSA) is 47.4 Å². The fourth-order valence-corrected chi connectivity index (χ4v) is 2.19. The molecular weight excluding hydrogens is 238 g/mol. The third-order valence-corrected chi connectivity index (χ3v) is 3.05. The summed E-state index contributed by atoms with van der Waals surface area (Å²) in [5.74, 6) is 0.821. The Labute approximate surface area is 104 Å². The van der Waals surface area contributed by atoms with Crippen molar-refractivity contribution in [3.8, 4) is 5.75 Å². The van der Waals surface area contributed by atoms with Gasteiger partial charge < -0.3 is 18.9 Å². The summed E-state index contributed by atoms with van der Waals surface area (Å²) in [6.07, 6.45) is 2.12. The first kappa shape index (κ1) is 10.8.